The van der Waals surface area contributed by atoms with Gasteiger partial charge in [0, 0.05) is 5.02 Å². The van der Waals surface area contributed by atoms with Crippen LogP contribution >= 0.6 is 11.6 Å². The van der Waals surface area contributed by atoms with Crippen LogP contribution in [0.1, 0.15) is 55.8 Å². The van der Waals surface area contributed by atoms with Crippen molar-refractivity contribution in [2.45, 2.75) is 45.4 Å². The summed E-state index contributed by atoms with van der Waals surface area (Å²) in [5.74, 6) is -1.38. The smallest absolute Gasteiger partial charge is 0.377 e. The summed E-state index contributed by atoms with van der Waals surface area (Å²) in [5.41, 5.74) is 0.124. The molecule has 0 aliphatic carbocycles. The summed E-state index contributed by atoms with van der Waals surface area (Å²) in [4.78, 5) is 24.1. The molecule has 6 nitrogen and oxygen atoms in total. The molecule has 1 rings (SSSR count). The van der Waals surface area contributed by atoms with Gasteiger partial charge in [-0.05, 0) is 24.6 Å². The van der Waals surface area contributed by atoms with E-state index in [2.05, 4.69) is 11.7 Å². The first kappa shape index (κ1) is 22.8. The van der Waals surface area contributed by atoms with Crippen molar-refractivity contribution in [3.05, 3.63) is 40.8 Å². The maximum absolute atomic E-state index is 12.4. The summed E-state index contributed by atoms with van der Waals surface area (Å²) in [6.07, 6.45) is 7.63. The fraction of sp³-hybridized carbons (Fsp3) is 0.500. The van der Waals surface area contributed by atoms with Gasteiger partial charge in [0.15, 0.2) is 0 Å². The van der Waals surface area contributed by atoms with Gasteiger partial charge in [0.1, 0.15) is 17.6 Å². The Labute approximate surface area is 165 Å². The molecule has 1 aromatic rings. The maximum Gasteiger partial charge on any atom is 0.377 e. The van der Waals surface area contributed by atoms with Crippen molar-refractivity contribution in [1.82, 2.24) is 0 Å². The van der Waals surface area contributed by atoms with E-state index in [1.54, 1.807) is 6.07 Å². The summed E-state index contributed by atoms with van der Waals surface area (Å²) in [5, 5.41) is 0.351. The molecule has 0 saturated carbocycles. The maximum atomic E-state index is 12.4. The molecule has 0 bridgehead atoms. The molecule has 0 unspecified atom stereocenters. The van der Waals surface area contributed by atoms with Crippen LogP contribution in [-0.2, 0) is 19.0 Å². The lowest BCUT2D eigenvalue weighted by Gasteiger charge is -2.12. The Morgan fingerprint density at radius 3 is 2.44 bits per heavy atom. The van der Waals surface area contributed by atoms with Crippen LogP contribution in [0.5, 0.6) is 5.75 Å². The molecule has 0 fully saturated rings. The summed E-state index contributed by atoms with van der Waals surface area (Å²) >= 11 is 5.99. The van der Waals surface area contributed by atoms with Gasteiger partial charge in [0.05, 0.1) is 20.8 Å². The van der Waals surface area contributed by atoms with E-state index in [4.69, 9.17) is 25.8 Å². The highest BCUT2D eigenvalue weighted by molar-refractivity contribution is 6.31. The van der Waals surface area contributed by atoms with Crippen LogP contribution in [0.25, 0.3) is 0 Å². The number of methoxy groups -OCH3 is 2. The van der Waals surface area contributed by atoms with Gasteiger partial charge >= 0.3 is 11.9 Å². The Bertz CT molecular complexity index is 641. The number of benzene rings is 1. The average molecular weight is 399 g/mol. The van der Waals surface area contributed by atoms with Gasteiger partial charge in [0.25, 0.3) is 0 Å². The van der Waals surface area contributed by atoms with Gasteiger partial charge in [-0.2, -0.15) is 0 Å². The van der Waals surface area contributed by atoms with Crippen LogP contribution < -0.4 is 4.74 Å². The zero-order valence-electron chi connectivity index (χ0n) is 16.1. The molecule has 0 aromatic heterocycles. The second kappa shape index (κ2) is 13.0. The van der Waals surface area contributed by atoms with Crippen LogP contribution in [-0.4, -0.2) is 32.8 Å². The van der Waals surface area contributed by atoms with Crippen molar-refractivity contribution < 1.29 is 28.5 Å². The van der Waals surface area contributed by atoms with Crippen LogP contribution in [0.3, 0.4) is 0 Å². The number of unbranched alkanes of at least 4 members (excludes halogenated alkanes) is 5. The SMILES string of the molecule is CCCCCCCCOC(=O)c1cc(Cl)ccc1O/C(=C/OC)C(=O)OC. The minimum Gasteiger partial charge on any atom is -0.500 e. The number of hydrogen-bond donors (Lipinski definition) is 0. The summed E-state index contributed by atoms with van der Waals surface area (Å²) in [6.45, 7) is 2.48. The molecule has 150 valence electrons. The van der Waals surface area contributed by atoms with Crippen molar-refractivity contribution in [3.63, 3.8) is 0 Å². The molecule has 0 aliphatic heterocycles. The first-order chi connectivity index (χ1) is 13.0. The molecule has 27 heavy (non-hydrogen) atoms. The third kappa shape index (κ3) is 8.35. The van der Waals surface area contributed by atoms with Crippen molar-refractivity contribution in [3.8, 4) is 5.75 Å². The molecule has 0 spiro atoms. The van der Waals surface area contributed by atoms with E-state index >= 15 is 0 Å². The third-order valence-electron chi connectivity index (χ3n) is 3.72. The highest BCUT2D eigenvalue weighted by atomic mass is 35.5. The monoisotopic (exact) mass is 398 g/mol. The third-order valence-corrected chi connectivity index (χ3v) is 3.96. The van der Waals surface area contributed by atoms with E-state index in [-0.39, 0.29) is 17.1 Å². The first-order valence-electron chi connectivity index (χ1n) is 8.99. The Kier molecular flexibility index (Phi) is 11.0. The molecule has 0 radical (unpaired) electrons. The number of rotatable bonds is 12. The Balaban J connectivity index is 2.73. The van der Waals surface area contributed by atoms with Gasteiger partial charge < -0.3 is 18.9 Å². The molecule has 0 aliphatic rings. The summed E-state index contributed by atoms with van der Waals surface area (Å²) < 4.78 is 20.2. The van der Waals surface area contributed by atoms with Crippen molar-refractivity contribution in [2.24, 2.45) is 0 Å². The molecule has 0 heterocycles. The zero-order valence-corrected chi connectivity index (χ0v) is 16.8. The van der Waals surface area contributed by atoms with E-state index in [0.717, 1.165) is 25.5 Å². The van der Waals surface area contributed by atoms with Gasteiger partial charge in [-0.15, -0.1) is 0 Å². The van der Waals surface area contributed by atoms with Crippen molar-refractivity contribution in [2.75, 3.05) is 20.8 Å². The predicted octanol–water partition coefficient (Wildman–Crippen LogP) is 4.90. The van der Waals surface area contributed by atoms with Crippen LogP contribution in [0.2, 0.25) is 5.02 Å². The number of ether oxygens (including phenoxy) is 4. The summed E-state index contributed by atoms with van der Waals surface area (Å²) in [6, 6.07) is 4.46. The largest absolute Gasteiger partial charge is 0.500 e. The molecule has 0 atom stereocenters. The van der Waals surface area contributed by atoms with Crippen LogP contribution in [0.4, 0.5) is 0 Å². The predicted molar refractivity (Wildman–Crippen MR) is 103 cm³/mol. The summed E-state index contributed by atoms with van der Waals surface area (Å²) in [7, 11) is 2.58. The number of halogens is 1. The lowest BCUT2D eigenvalue weighted by Crippen LogP contribution is -2.14. The lowest BCUT2D eigenvalue weighted by atomic mass is 10.1. The fourth-order valence-corrected chi connectivity index (χ4v) is 2.49. The molecule has 0 N–H and O–H groups in total. The normalized spacial score (nSPS) is 11.0. The molecular weight excluding hydrogens is 372 g/mol. The second-order valence-corrected chi connectivity index (χ2v) is 6.29. The molecule has 7 heteroatoms. The molecular formula is C20H27ClO6. The van der Waals surface area contributed by atoms with E-state index in [1.807, 2.05) is 0 Å². The molecule has 0 amide bonds. The van der Waals surface area contributed by atoms with Gasteiger partial charge in [-0.3, -0.25) is 0 Å². The fourth-order valence-electron chi connectivity index (χ4n) is 2.32. The standard InChI is InChI=1S/C20H27ClO6/c1-4-5-6-7-8-9-12-26-19(22)16-13-15(21)10-11-17(16)27-18(14-24-2)20(23)25-3/h10-11,13-14H,4-9,12H2,1-3H3/b18-14+. The average Bonchev–Trinajstić information content (AvgIpc) is 2.67. The quantitative estimate of drug-likeness (QED) is 0.216. The highest BCUT2D eigenvalue weighted by Gasteiger charge is 2.20. The number of carbonyl (C=O) groups is 2. The van der Waals surface area contributed by atoms with E-state index < -0.39 is 11.9 Å². The van der Waals surface area contributed by atoms with Gasteiger partial charge in [-0.1, -0.05) is 50.6 Å². The molecule has 1 aromatic carbocycles. The minimum absolute atomic E-state index is 0.124. The first-order valence-corrected chi connectivity index (χ1v) is 9.37. The number of hydrogen-bond acceptors (Lipinski definition) is 6. The second-order valence-electron chi connectivity index (χ2n) is 5.86. The Morgan fingerprint density at radius 1 is 1.07 bits per heavy atom. The number of carbonyl (C=O) groups excluding carboxylic acids is 2. The van der Waals surface area contributed by atoms with Gasteiger partial charge in [-0.25, -0.2) is 9.59 Å². The Hall–Kier alpha value is -2.21. The van der Waals surface area contributed by atoms with E-state index in [0.29, 0.717) is 11.6 Å². The van der Waals surface area contributed by atoms with Crippen molar-refractivity contribution >= 4 is 23.5 Å². The molecule has 0 saturated heterocycles. The highest BCUT2D eigenvalue weighted by Crippen LogP contribution is 2.26. The van der Waals surface area contributed by atoms with E-state index in [9.17, 15) is 9.59 Å². The zero-order chi connectivity index (χ0) is 20.1. The van der Waals surface area contributed by atoms with Crippen LogP contribution in [0.15, 0.2) is 30.2 Å². The van der Waals surface area contributed by atoms with Gasteiger partial charge in [0.2, 0.25) is 5.76 Å². The number of esters is 2. The lowest BCUT2D eigenvalue weighted by molar-refractivity contribution is -0.138. The minimum atomic E-state index is -0.738. The van der Waals surface area contributed by atoms with Crippen LogP contribution in [0, 0.1) is 0 Å². The Morgan fingerprint density at radius 2 is 1.78 bits per heavy atom. The topological polar surface area (TPSA) is 71.1 Å². The van der Waals surface area contributed by atoms with E-state index in [1.165, 1.54) is 45.6 Å². The van der Waals surface area contributed by atoms with Crippen molar-refractivity contribution in [1.29, 1.82) is 0 Å².